The van der Waals surface area contributed by atoms with E-state index in [1.165, 1.54) is 45.2 Å². The van der Waals surface area contributed by atoms with Crippen molar-refractivity contribution in [1.29, 1.82) is 0 Å². The SMILES string of the molecule is CCCC(C)C1CC(C(C)(C)C)CCC1CNCC(C)C. The lowest BCUT2D eigenvalue weighted by Crippen LogP contribution is -2.39. The van der Waals surface area contributed by atoms with Gasteiger partial charge in [-0.3, -0.25) is 0 Å². The fourth-order valence-corrected chi connectivity index (χ4v) is 4.23. The highest BCUT2D eigenvalue weighted by atomic mass is 14.9. The molecule has 0 heterocycles. The van der Waals surface area contributed by atoms with Crippen molar-refractivity contribution in [1.82, 2.24) is 5.32 Å². The Morgan fingerprint density at radius 2 is 1.76 bits per heavy atom. The van der Waals surface area contributed by atoms with Gasteiger partial charge in [-0.05, 0) is 67.4 Å². The van der Waals surface area contributed by atoms with Gasteiger partial charge in [-0.15, -0.1) is 0 Å². The van der Waals surface area contributed by atoms with E-state index >= 15 is 0 Å². The van der Waals surface area contributed by atoms with Crippen molar-refractivity contribution in [2.75, 3.05) is 13.1 Å². The maximum atomic E-state index is 3.74. The molecule has 0 aromatic rings. The van der Waals surface area contributed by atoms with Crippen LogP contribution in [-0.2, 0) is 0 Å². The molecule has 0 amide bonds. The van der Waals surface area contributed by atoms with E-state index in [0.717, 1.165) is 29.6 Å². The molecule has 0 bridgehead atoms. The van der Waals surface area contributed by atoms with Crippen molar-refractivity contribution < 1.29 is 0 Å². The summed E-state index contributed by atoms with van der Waals surface area (Å²) >= 11 is 0. The molecule has 126 valence electrons. The van der Waals surface area contributed by atoms with Gasteiger partial charge < -0.3 is 5.32 Å². The molecule has 1 rings (SSSR count). The molecule has 1 fully saturated rings. The standard InChI is InChI=1S/C20H41N/c1-8-9-16(4)19-12-18(20(5,6)7)11-10-17(19)14-21-13-15(2)3/h15-19,21H,8-14H2,1-7H3. The van der Waals surface area contributed by atoms with Crippen LogP contribution in [0.5, 0.6) is 0 Å². The molecule has 1 aliphatic carbocycles. The predicted octanol–water partition coefficient (Wildman–Crippen LogP) is 5.75. The first-order chi connectivity index (χ1) is 9.75. The number of hydrogen-bond acceptors (Lipinski definition) is 1. The van der Waals surface area contributed by atoms with Gasteiger partial charge >= 0.3 is 0 Å². The van der Waals surface area contributed by atoms with Crippen LogP contribution >= 0.6 is 0 Å². The van der Waals surface area contributed by atoms with Gasteiger partial charge in [0, 0.05) is 0 Å². The topological polar surface area (TPSA) is 12.0 Å². The molecule has 0 aromatic heterocycles. The largest absolute Gasteiger partial charge is 0.316 e. The Balaban J connectivity index is 2.64. The highest BCUT2D eigenvalue weighted by molar-refractivity contribution is 4.88. The van der Waals surface area contributed by atoms with Crippen LogP contribution in [0.4, 0.5) is 0 Å². The fraction of sp³-hybridized carbons (Fsp3) is 1.00. The van der Waals surface area contributed by atoms with Crippen LogP contribution < -0.4 is 5.32 Å². The zero-order chi connectivity index (χ0) is 16.0. The van der Waals surface area contributed by atoms with E-state index in [2.05, 4.69) is 53.8 Å². The average molecular weight is 296 g/mol. The smallest absolute Gasteiger partial charge is 0.00177 e. The molecule has 21 heavy (non-hydrogen) atoms. The number of rotatable bonds is 7. The Hall–Kier alpha value is -0.0400. The lowest BCUT2D eigenvalue weighted by molar-refractivity contribution is 0.0652. The molecule has 0 aromatic carbocycles. The number of nitrogens with one attached hydrogen (secondary N) is 1. The second-order valence-corrected chi connectivity index (χ2v) is 9.12. The summed E-state index contributed by atoms with van der Waals surface area (Å²) in [6.07, 6.45) is 7.07. The lowest BCUT2D eigenvalue weighted by atomic mass is 9.62. The van der Waals surface area contributed by atoms with Gasteiger partial charge in [-0.2, -0.15) is 0 Å². The van der Waals surface area contributed by atoms with Crippen molar-refractivity contribution in [3.63, 3.8) is 0 Å². The Morgan fingerprint density at radius 3 is 2.29 bits per heavy atom. The molecule has 4 atom stereocenters. The van der Waals surface area contributed by atoms with Crippen LogP contribution in [0.1, 0.15) is 80.6 Å². The van der Waals surface area contributed by atoms with E-state index in [1.54, 1.807) is 0 Å². The van der Waals surface area contributed by atoms with Gasteiger partial charge in [0.1, 0.15) is 0 Å². The molecule has 0 radical (unpaired) electrons. The van der Waals surface area contributed by atoms with E-state index < -0.39 is 0 Å². The van der Waals surface area contributed by atoms with E-state index in [0.29, 0.717) is 5.41 Å². The minimum absolute atomic E-state index is 0.487. The summed E-state index contributed by atoms with van der Waals surface area (Å²) in [7, 11) is 0. The van der Waals surface area contributed by atoms with E-state index in [-0.39, 0.29) is 0 Å². The van der Waals surface area contributed by atoms with Crippen molar-refractivity contribution in [2.45, 2.75) is 80.6 Å². The van der Waals surface area contributed by atoms with Crippen molar-refractivity contribution in [2.24, 2.45) is 35.0 Å². The Kier molecular flexibility index (Phi) is 7.74. The molecule has 1 saturated carbocycles. The monoisotopic (exact) mass is 295 g/mol. The highest BCUT2D eigenvalue weighted by Gasteiger charge is 2.37. The summed E-state index contributed by atoms with van der Waals surface area (Å²) in [4.78, 5) is 0. The maximum absolute atomic E-state index is 3.74. The first kappa shape index (κ1) is 19.0. The van der Waals surface area contributed by atoms with Crippen LogP contribution in [0.3, 0.4) is 0 Å². The zero-order valence-electron chi connectivity index (χ0n) is 15.8. The Bertz CT molecular complexity index is 276. The van der Waals surface area contributed by atoms with E-state index in [4.69, 9.17) is 0 Å². The summed E-state index contributed by atoms with van der Waals surface area (Å²) in [5, 5.41) is 3.74. The molecule has 1 N–H and O–H groups in total. The first-order valence-electron chi connectivity index (χ1n) is 9.46. The molecule has 0 aliphatic heterocycles. The van der Waals surface area contributed by atoms with Gasteiger partial charge in [-0.1, -0.05) is 61.3 Å². The molecule has 1 heteroatoms. The van der Waals surface area contributed by atoms with Crippen LogP contribution in [0.2, 0.25) is 0 Å². The molecule has 0 saturated heterocycles. The van der Waals surface area contributed by atoms with Gasteiger partial charge in [0.15, 0.2) is 0 Å². The molecule has 0 spiro atoms. The zero-order valence-corrected chi connectivity index (χ0v) is 15.8. The van der Waals surface area contributed by atoms with Gasteiger partial charge in [0.05, 0.1) is 0 Å². The van der Waals surface area contributed by atoms with Crippen molar-refractivity contribution in [3.05, 3.63) is 0 Å². The van der Waals surface area contributed by atoms with Gasteiger partial charge in [0.2, 0.25) is 0 Å². The van der Waals surface area contributed by atoms with Crippen LogP contribution in [-0.4, -0.2) is 13.1 Å². The minimum atomic E-state index is 0.487. The van der Waals surface area contributed by atoms with Crippen molar-refractivity contribution >= 4 is 0 Å². The summed E-state index contributed by atoms with van der Waals surface area (Å²) in [5.41, 5.74) is 0.487. The third-order valence-corrected chi connectivity index (χ3v) is 5.71. The second-order valence-electron chi connectivity index (χ2n) is 9.12. The second kappa shape index (κ2) is 8.56. The molecule has 4 unspecified atom stereocenters. The summed E-state index contributed by atoms with van der Waals surface area (Å²) in [5.74, 6) is 4.42. The molecule has 1 nitrogen and oxygen atoms in total. The lowest BCUT2D eigenvalue weighted by Gasteiger charge is -2.44. The predicted molar refractivity (Wildman–Crippen MR) is 95.6 cm³/mol. The van der Waals surface area contributed by atoms with Crippen LogP contribution in [0, 0.1) is 35.0 Å². The molecule has 1 aliphatic rings. The normalized spacial score (nSPS) is 28.9. The Morgan fingerprint density at radius 1 is 1.10 bits per heavy atom. The number of hydrogen-bond donors (Lipinski definition) is 1. The average Bonchev–Trinajstić information content (AvgIpc) is 2.37. The quantitative estimate of drug-likeness (QED) is 0.631. The van der Waals surface area contributed by atoms with E-state index in [1.807, 2.05) is 0 Å². The molecular formula is C20H41N. The highest BCUT2D eigenvalue weighted by Crippen LogP contribution is 2.45. The fourth-order valence-electron chi connectivity index (χ4n) is 4.23. The molecular weight excluding hydrogens is 254 g/mol. The van der Waals surface area contributed by atoms with Gasteiger partial charge in [0.25, 0.3) is 0 Å². The van der Waals surface area contributed by atoms with Crippen LogP contribution in [0.15, 0.2) is 0 Å². The summed E-state index contributed by atoms with van der Waals surface area (Å²) in [6.45, 7) is 19.2. The van der Waals surface area contributed by atoms with Crippen molar-refractivity contribution in [3.8, 4) is 0 Å². The summed E-state index contributed by atoms with van der Waals surface area (Å²) in [6, 6.07) is 0. The van der Waals surface area contributed by atoms with E-state index in [9.17, 15) is 0 Å². The van der Waals surface area contributed by atoms with Crippen LogP contribution in [0.25, 0.3) is 0 Å². The summed E-state index contributed by atoms with van der Waals surface area (Å²) < 4.78 is 0. The van der Waals surface area contributed by atoms with Gasteiger partial charge in [-0.25, -0.2) is 0 Å². The Labute approximate surface area is 134 Å². The first-order valence-corrected chi connectivity index (χ1v) is 9.46. The third-order valence-electron chi connectivity index (χ3n) is 5.71. The minimum Gasteiger partial charge on any atom is -0.316 e. The third kappa shape index (κ3) is 6.30. The maximum Gasteiger partial charge on any atom is -0.00177 e.